The lowest BCUT2D eigenvalue weighted by Crippen LogP contribution is -2.27. The van der Waals surface area contributed by atoms with E-state index in [1.165, 1.54) is 0 Å². The van der Waals surface area contributed by atoms with Crippen molar-refractivity contribution in [1.29, 1.82) is 0 Å². The Balaban J connectivity index is 1.97. The van der Waals surface area contributed by atoms with Crippen LogP contribution in [0.4, 0.5) is 0 Å². The smallest absolute Gasteiger partial charge is 0.312 e. The molecule has 0 fully saturated rings. The number of hydrogen-bond acceptors (Lipinski definition) is 3. The summed E-state index contributed by atoms with van der Waals surface area (Å²) in [4.78, 5) is 15.6. The van der Waals surface area contributed by atoms with Crippen LogP contribution in [-0.2, 0) is 11.3 Å². The van der Waals surface area contributed by atoms with E-state index in [0.29, 0.717) is 13.1 Å². The van der Waals surface area contributed by atoms with Gasteiger partial charge in [-0.3, -0.25) is 9.78 Å². The molecular formula is C16H18N2O2. The van der Waals surface area contributed by atoms with Crippen LogP contribution in [0.25, 0.3) is 0 Å². The maximum atomic E-state index is 11.4. The van der Waals surface area contributed by atoms with Crippen molar-refractivity contribution in [3.63, 3.8) is 0 Å². The lowest BCUT2D eigenvalue weighted by Gasteiger charge is -2.14. The molecule has 0 amide bonds. The summed E-state index contributed by atoms with van der Waals surface area (Å²) >= 11 is 0. The van der Waals surface area contributed by atoms with Gasteiger partial charge in [0.1, 0.15) is 0 Å². The number of benzene rings is 1. The minimum Gasteiger partial charge on any atom is -0.481 e. The number of aryl methyl sites for hydroxylation is 1. The maximum absolute atomic E-state index is 11.4. The third-order valence-corrected chi connectivity index (χ3v) is 3.26. The largest absolute Gasteiger partial charge is 0.481 e. The molecular weight excluding hydrogens is 252 g/mol. The normalized spacial score (nSPS) is 12.1. The number of hydrogen-bond donors (Lipinski definition) is 2. The molecule has 1 aromatic heterocycles. The molecule has 2 rings (SSSR count). The summed E-state index contributed by atoms with van der Waals surface area (Å²) in [5, 5.41) is 12.5. The van der Waals surface area contributed by atoms with Gasteiger partial charge in [-0.15, -0.1) is 0 Å². The van der Waals surface area contributed by atoms with E-state index in [1.54, 1.807) is 6.20 Å². The molecule has 0 aliphatic carbocycles. The summed E-state index contributed by atoms with van der Waals surface area (Å²) in [5.41, 5.74) is 2.86. The van der Waals surface area contributed by atoms with Crippen LogP contribution in [0.1, 0.15) is 22.7 Å². The number of nitrogens with one attached hydrogen (secondary N) is 1. The molecule has 2 aromatic rings. The Morgan fingerprint density at radius 1 is 1.25 bits per heavy atom. The van der Waals surface area contributed by atoms with Crippen LogP contribution in [0.2, 0.25) is 0 Å². The van der Waals surface area contributed by atoms with E-state index in [1.807, 2.05) is 49.4 Å². The zero-order valence-corrected chi connectivity index (χ0v) is 11.4. The summed E-state index contributed by atoms with van der Waals surface area (Å²) in [5.74, 6) is -1.36. The number of carbonyl (C=O) groups is 1. The Hall–Kier alpha value is -2.20. The van der Waals surface area contributed by atoms with Gasteiger partial charge in [0.15, 0.2) is 0 Å². The highest BCUT2D eigenvalue weighted by atomic mass is 16.4. The number of carboxylic acid groups (broad SMARTS) is 1. The fourth-order valence-corrected chi connectivity index (χ4v) is 2.07. The van der Waals surface area contributed by atoms with E-state index in [-0.39, 0.29) is 0 Å². The molecule has 0 bridgehead atoms. The van der Waals surface area contributed by atoms with Gasteiger partial charge in [0.25, 0.3) is 0 Å². The average Bonchev–Trinajstić information content (AvgIpc) is 2.46. The van der Waals surface area contributed by atoms with Crippen molar-refractivity contribution in [1.82, 2.24) is 10.3 Å². The van der Waals surface area contributed by atoms with Crippen LogP contribution in [0.5, 0.6) is 0 Å². The Morgan fingerprint density at radius 2 is 2.00 bits per heavy atom. The minimum absolute atomic E-state index is 0.384. The van der Waals surface area contributed by atoms with Gasteiger partial charge in [-0.05, 0) is 24.1 Å². The van der Waals surface area contributed by atoms with Gasteiger partial charge in [0, 0.05) is 19.3 Å². The molecule has 0 radical (unpaired) electrons. The Bertz CT molecular complexity index is 570. The van der Waals surface area contributed by atoms with Crippen molar-refractivity contribution >= 4 is 5.97 Å². The number of carboxylic acids is 1. The highest BCUT2D eigenvalue weighted by Gasteiger charge is 2.18. The van der Waals surface area contributed by atoms with Crippen LogP contribution in [0.3, 0.4) is 0 Å². The van der Waals surface area contributed by atoms with Crippen LogP contribution in [-0.4, -0.2) is 22.6 Å². The molecule has 0 spiro atoms. The SMILES string of the molecule is Cc1cccnc1CNCC(C(=O)O)c1ccccc1. The quantitative estimate of drug-likeness (QED) is 0.845. The average molecular weight is 270 g/mol. The molecule has 1 aromatic carbocycles. The van der Waals surface area contributed by atoms with Crippen LogP contribution >= 0.6 is 0 Å². The summed E-state index contributed by atoms with van der Waals surface area (Å²) in [6.45, 7) is 2.95. The van der Waals surface area contributed by atoms with Crippen molar-refractivity contribution in [2.24, 2.45) is 0 Å². The molecule has 0 saturated heterocycles. The highest BCUT2D eigenvalue weighted by Crippen LogP contribution is 2.15. The third kappa shape index (κ3) is 3.65. The van der Waals surface area contributed by atoms with Crippen molar-refractivity contribution in [3.05, 3.63) is 65.5 Å². The molecule has 0 aliphatic rings. The first kappa shape index (κ1) is 14.2. The number of aromatic nitrogens is 1. The topological polar surface area (TPSA) is 62.2 Å². The predicted octanol–water partition coefficient (Wildman–Crippen LogP) is 2.35. The Morgan fingerprint density at radius 3 is 2.65 bits per heavy atom. The number of aliphatic carboxylic acids is 1. The molecule has 0 aliphatic heterocycles. The van der Waals surface area contributed by atoms with E-state index in [0.717, 1.165) is 16.8 Å². The van der Waals surface area contributed by atoms with E-state index in [4.69, 9.17) is 0 Å². The molecule has 4 heteroatoms. The summed E-state index contributed by atoms with van der Waals surface area (Å²) in [6, 6.07) is 13.2. The van der Waals surface area contributed by atoms with Gasteiger partial charge in [-0.1, -0.05) is 36.4 Å². The molecule has 1 heterocycles. The fourth-order valence-electron chi connectivity index (χ4n) is 2.07. The maximum Gasteiger partial charge on any atom is 0.312 e. The summed E-state index contributed by atoms with van der Waals surface area (Å²) in [7, 11) is 0. The monoisotopic (exact) mass is 270 g/mol. The number of rotatable bonds is 6. The molecule has 1 unspecified atom stereocenters. The molecule has 0 saturated carbocycles. The van der Waals surface area contributed by atoms with Gasteiger partial charge in [0.2, 0.25) is 0 Å². The number of nitrogens with zero attached hydrogens (tertiary/aromatic N) is 1. The summed E-state index contributed by atoms with van der Waals surface area (Å²) < 4.78 is 0. The lowest BCUT2D eigenvalue weighted by atomic mass is 9.99. The van der Waals surface area contributed by atoms with Gasteiger partial charge in [-0.25, -0.2) is 0 Å². The minimum atomic E-state index is -0.818. The number of pyridine rings is 1. The van der Waals surface area contributed by atoms with E-state index in [2.05, 4.69) is 10.3 Å². The molecule has 1 atom stereocenters. The second-order valence-electron chi connectivity index (χ2n) is 4.70. The van der Waals surface area contributed by atoms with Crippen molar-refractivity contribution in [2.45, 2.75) is 19.4 Å². The van der Waals surface area contributed by atoms with Crippen molar-refractivity contribution < 1.29 is 9.90 Å². The third-order valence-electron chi connectivity index (χ3n) is 3.26. The first-order valence-corrected chi connectivity index (χ1v) is 6.57. The molecule has 4 nitrogen and oxygen atoms in total. The van der Waals surface area contributed by atoms with E-state index in [9.17, 15) is 9.90 Å². The van der Waals surface area contributed by atoms with Gasteiger partial charge < -0.3 is 10.4 Å². The van der Waals surface area contributed by atoms with E-state index < -0.39 is 11.9 Å². The van der Waals surface area contributed by atoms with E-state index >= 15 is 0 Å². The van der Waals surface area contributed by atoms with Gasteiger partial charge in [0.05, 0.1) is 11.6 Å². The zero-order chi connectivity index (χ0) is 14.4. The molecule has 20 heavy (non-hydrogen) atoms. The van der Waals surface area contributed by atoms with Crippen molar-refractivity contribution in [2.75, 3.05) is 6.54 Å². The zero-order valence-electron chi connectivity index (χ0n) is 11.4. The molecule has 104 valence electrons. The predicted molar refractivity (Wildman–Crippen MR) is 77.5 cm³/mol. The van der Waals surface area contributed by atoms with Crippen molar-refractivity contribution in [3.8, 4) is 0 Å². The second-order valence-corrected chi connectivity index (χ2v) is 4.70. The van der Waals surface area contributed by atoms with Crippen LogP contribution in [0, 0.1) is 6.92 Å². The fraction of sp³-hybridized carbons (Fsp3) is 0.250. The van der Waals surface area contributed by atoms with Gasteiger partial charge in [-0.2, -0.15) is 0 Å². The van der Waals surface area contributed by atoms with Crippen LogP contribution in [0.15, 0.2) is 48.7 Å². The first-order valence-electron chi connectivity index (χ1n) is 6.57. The summed E-state index contributed by atoms with van der Waals surface area (Å²) in [6.07, 6.45) is 1.75. The highest BCUT2D eigenvalue weighted by molar-refractivity contribution is 5.76. The second kappa shape index (κ2) is 6.82. The Labute approximate surface area is 118 Å². The standard InChI is InChI=1S/C16H18N2O2/c1-12-6-5-9-18-15(12)11-17-10-14(16(19)20)13-7-3-2-4-8-13/h2-9,14,17H,10-11H2,1H3,(H,19,20). The Kier molecular flexibility index (Phi) is 4.85. The van der Waals surface area contributed by atoms with Crippen LogP contribution < -0.4 is 5.32 Å². The first-order chi connectivity index (χ1) is 9.68. The van der Waals surface area contributed by atoms with Gasteiger partial charge >= 0.3 is 5.97 Å². The lowest BCUT2D eigenvalue weighted by molar-refractivity contribution is -0.138. The molecule has 2 N–H and O–H groups in total.